The molecular formula is C16H13NO3. The first kappa shape index (κ1) is 11.6. The zero-order valence-corrected chi connectivity index (χ0v) is 10.8. The van der Waals surface area contributed by atoms with E-state index in [1.807, 2.05) is 48.5 Å². The molecule has 4 rings (SSSR count). The van der Waals surface area contributed by atoms with E-state index in [9.17, 15) is 0 Å². The largest absolute Gasteiger partial charge is 0.355 e. The lowest BCUT2D eigenvalue weighted by Crippen LogP contribution is -1.97. The molecule has 0 bridgehead atoms. The van der Waals surface area contributed by atoms with Crippen LogP contribution in [0.2, 0.25) is 0 Å². The molecule has 100 valence electrons. The van der Waals surface area contributed by atoms with Crippen LogP contribution in [0.25, 0.3) is 22.2 Å². The molecule has 0 saturated carbocycles. The predicted molar refractivity (Wildman–Crippen MR) is 74.1 cm³/mol. The number of aromatic nitrogens is 1. The fourth-order valence-electron chi connectivity index (χ4n) is 2.46. The summed E-state index contributed by atoms with van der Waals surface area (Å²) in [7, 11) is 0. The van der Waals surface area contributed by atoms with Crippen molar-refractivity contribution in [2.24, 2.45) is 0 Å². The van der Waals surface area contributed by atoms with Crippen LogP contribution in [0.3, 0.4) is 0 Å². The van der Waals surface area contributed by atoms with Gasteiger partial charge in [0.2, 0.25) is 0 Å². The summed E-state index contributed by atoms with van der Waals surface area (Å²) in [6.07, 6.45) is -0.281. The van der Waals surface area contributed by atoms with E-state index in [1.54, 1.807) is 0 Å². The van der Waals surface area contributed by atoms with Crippen LogP contribution in [0.15, 0.2) is 53.1 Å². The van der Waals surface area contributed by atoms with Crippen molar-refractivity contribution in [3.63, 3.8) is 0 Å². The Labute approximate surface area is 115 Å². The molecule has 2 aromatic carbocycles. The van der Waals surface area contributed by atoms with E-state index in [0.717, 1.165) is 27.8 Å². The van der Waals surface area contributed by atoms with Crippen molar-refractivity contribution in [1.29, 1.82) is 0 Å². The molecule has 0 spiro atoms. The summed E-state index contributed by atoms with van der Waals surface area (Å²) in [6, 6.07) is 15.9. The number of ether oxygens (including phenoxy) is 2. The van der Waals surface area contributed by atoms with E-state index >= 15 is 0 Å². The third-order valence-electron chi connectivity index (χ3n) is 3.43. The Balaban J connectivity index is 1.78. The molecule has 1 aliphatic rings. The maximum Gasteiger partial charge on any atom is 0.184 e. The molecule has 4 nitrogen and oxygen atoms in total. The minimum absolute atomic E-state index is 0.281. The zero-order chi connectivity index (χ0) is 13.4. The first-order valence-corrected chi connectivity index (χ1v) is 6.60. The van der Waals surface area contributed by atoms with Gasteiger partial charge in [-0.2, -0.15) is 0 Å². The summed E-state index contributed by atoms with van der Waals surface area (Å²) < 4.78 is 16.5. The molecule has 0 amide bonds. The van der Waals surface area contributed by atoms with Crippen molar-refractivity contribution >= 4 is 10.9 Å². The van der Waals surface area contributed by atoms with Gasteiger partial charge in [0.25, 0.3) is 0 Å². The van der Waals surface area contributed by atoms with Crippen molar-refractivity contribution in [2.75, 3.05) is 13.2 Å². The Hall–Kier alpha value is -2.17. The van der Waals surface area contributed by atoms with Gasteiger partial charge in [0.05, 0.1) is 13.2 Å². The fraction of sp³-hybridized carbons (Fsp3) is 0.188. The molecule has 1 fully saturated rings. The van der Waals surface area contributed by atoms with Crippen LogP contribution in [-0.4, -0.2) is 18.4 Å². The predicted octanol–water partition coefficient (Wildman–Crippen LogP) is 3.54. The Bertz CT molecular complexity index is 730. The van der Waals surface area contributed by atoms with Crippen LogP contribution >= 0.6 is 0 Å². The Morgan fingerprint density at radius 1 is 0.950 bits per heavy atom. The summed E-state index contributed by atoms with van der Waals surface area (Å²) in [5.74, 6) is 0.792. The lowest BCUT2D eigenvalue weighted by atomic mass is 10.1. The van der Waals surface area contributed by atoms with E-state index in [-0.39, 0.29) is 6.29 Å². The van der Waals surface area contributed by atoms with Crippen LogP contribution in [0.4, 0.5) is 0 Å². The molecule has 4 heteroatoms. The highest BCUT2D eigenvalue weighted by Crippen LogP contribution is 2.31. The standard InChI is InChI=1S/C16H13NO3/c1-2-4-11(5-3-1)15-13-7-6-12(10-14(13)17-20-15)16-18-8-9-19-16/h1-7,10,16H,8-9H2. The summed E-state index contributed by atoms with van der Waals surface area (Å²) in [4.78, 5) is 0. The SMILES string of the molecule is c1ccc(-c2onc3cc(C4OCCO4)ccc23)cc1. The molecule has 2 heterocycles. The molecule has 1 saturated heterocycles. The van der Waals surface area contributed by atoms with Crippen LogP contribution in [0, 0.1) is 0 Å². The van der Waals surface area contributed by atoms with Gasteiger partial charge in [-0.3, -0.25) is 0 Å². The van der Waals surface area contributed by atoms with Crippen LogP contribution < -0.4 is 0 Å². The summed E-state index contributed by atoms with van der Waals surface area (Å²) in [5, 5.41) is 5.14. The molecule has 1 aliphatic heterocycles. The maximum atomic E-state index is 5.50. The zero-order valence-electron chi connectivity index (χ0n) is 10.8. The minimum atomic E-state index is -0.281. The Kier molecular flexibility index (Phi) is 2.76. The first-order valence-electron chi connectivity index (χ1n) is 6.60. The normalized spacial score (nSPS) is 16.0. The van der Waals surface area contributed by atoms with Gasteiger partial charge in [-0.05, 0) is 12.1 Å². The molecular weight excluding hydrogens is 254 g/mol. The molecule has 0 N–H and O–H groups in total. The number of benzene rings is 2. The minimum Gasteiger partial charge on any atom is -0.355 e. The summed E-state index contributed by atoms with van der Waals surface area (Å²) in [5.41, 5.74) is 2.82. The summed E-state index contributed by atoms with van der Waals surface area (Å²) in [6.45, 7) is 1.27. The highest BCUT2D eigenvalue weighted by molar-refractivity contribution is 5.91. The number of fused-ring (bicyclic) bond motifs is 1. The van der Waals surface area contributed by atoms with Gasteiger partial charge >= 0.3 is 0 Å². The first-order chi connectivity index (χ1) is 9.92. The molecule has 0 aliphatic carbocycles. The van der Waals surface area contributed by atoms with Gasteiger partial charge in [0.15, 0.2) is 12.1 Å². The highest BCUT2D eigenvalue weighted by atomic mass is 16.7. The topological polar surface area (TPSA) is 44.5 Å². The third-order valence-corrected chi connectivity index (χ3v) is 3.43. The molecule has 1 aromatic heterocycles. The summed E-state index contributed by atoms with van der Waals surface area (Å²) >= 11 is 0. The number of nitrogens with zero attached hydrogens (tertiary/aromatic N) is 1. The number of hydrogen-bond donors (Lipinski definition) is 0. The Morgan fingerprint density at radius 2 is 1.75 bits per heavy atom. The number of hydrogen-bond acceptors (Lipinski definition) is 4. The van der Waals surface area contributed by atoms with E-state index < -0.39 is 0 Å². The Morgan fingerprint density at radius 3 is 2.55 bits per heavy atom. The quantitative estimate of drug-likeness (QED) is 0.712. The van der Waals surface area contributed by atoms with Gasteiger partial charge in [-0.15, -0.1) is 0 Å². The van der Waals surface area contributed by atoms with Gasteiger partial charge in [0.1, 0.15) is 5.52 Å². The van der Waals surface area contributed by atoms with Crippen molar-refractivity contribution < 1.29 is 14.0 Å². The fourth-order valence-corrected chi connectivity index (χ4v) is 2.46. The van der Waals surface area contributed by atoms with Gasteiger partial charge < -0.3 is 14.0 Å². The van der Waals surface area contributed by atoms with Gasteiger partial charge in [0, 0.05) is 16.5 Å². The molecule has 0 unspecified atom stereocenters. The average Bonchev–Trinajstić information content (AvgIpc) is 3.17. The average molecular weight is 267 g/mol. The second-order valence-electron chi connectivity index (χ2n) is 4.73. The second-order valence-corrected chi connectivity index (χ2v) is 4.73. The van der Waals surface area contributed by atoms with E-state index in [1.165, 1.54) is 0 Å². The monoisotopic (exact) mass is 267 g/mol. The van der Waals surface area contributed by atoms with Gasteiger partial charge in [-0.1, -0.05) is 41.6 Å². The van der Waals surface area contributed by atoms with Crippen molar-refractivity contribution in [3.8, 4) is 11.3 Å². The second kappa shape index (κ2) is 4.74. The molecule has 20 heavy (non-hydrogen) atoms. The smallest absolute Gasteiger partial charge is 0.184 e. The van der Waals surface area contributed by atoms with Crippen molar-refractivity contribution in [1.82, 2.24) is 5.16 Å². The van der Waals surface area contributed by atoms with Crippen molar-refractivity contribution in [3.05, 3.63) is 54.1 Å². The van der Waals surface area contributed by atoms with Crippen LogP contribution in [0.5, 0.6) is 0 Å². The third kappa shape index (κ3) is 1.90. The van der Waals surface area contributed by atoms with Crippen LogP contribution in [0.1, 0.15) is 11.9 Å². The lowest BCUT2D eigenvalue weighted by molar-refractivity contribution is -0.0440. The van der Waals surface area contributed by atoms with E-state index in [4.69, 9.17) is 14.0 Å². The highest BCUT2D eigenvalue weighted by Gasteiger charge is 2.20. The molecule has 0 radical (unpaired) electrons. The van der Waals surface area contributed by atoms with E-state index in [2.05, 4.69) is 5.16 Å². The maximum absolute atomic E-state index is 5.50. The molecule has 0 atom stereocenters. The van der Waals surface area contributed by atoms with Gasteiger partial charge in [-0.25, -0.2) is 0 Å². The van der Waals surface area contributed by atoms with Crippen molar-refractivity contribution in [2.45, 2.75) is 6.29 Å². The molecule has 3 aromatic rings. The number of rotatable bonds is 2. The lowest BCUT2D eigenvalue weighted by Gasteiger charge is -2.08. The van der Waals surface area contributed by atoms with E-state index in [0.29, 0.717) is 13.2 Å². The van der Waals surface area contributed by atoms with Crippen LogP contribution in [-0.2, 0) is 9.47 Å².